The SMILES string of the molecule is C=CCCCC(=O)NCN(C)CCCCCCCCO. The van der Waals surface area contributed by atoms with Gasteiger partial charge in [-0.05, 0) is 39.3 Å². The van der Waals surface area contributed by atoms with E-state index in [0.717, 1.165) is 32.2 Å². The summed E-state index contributed by atoms with van der Waals surface area (Å²) in [7, 11) is 2.04. The average Bonchev–Trinajstić information content (AvgIpc) is 2.44. The average molecular weight is 284 g/mol. The van der Waals surface area contributed by atoms with E-state index in [-0.39, 0.29) is 5.91 Å². The fraction of sp³-hybridized carbons (Fsp3) is 0.812. The lowest BCUT2D eigenvalue weighted by molar-refractivity contribution is -0.121. The molecule has 0 radical (unpaired) electrons. The second-order valence-electron chi connectivity index (χ2n) is 5.36. The van der Waals surface area contributed by atoms with Crippen molar-refractivity contribution in [1.82, 2.24) is 10.2 Å². The molecular formula is C16H32N2O2. The zero-order valence-corrected chi connectivity index (χ0v) is 13.1. The summed E-state index contributed by atoms with van der Waals surface area (Å²) in [4.78, 5) is 13.7. The summed E-state index contributed by atoms with van der Waals surface area (Å²) in [5.41, 5.74) is 0. The Morgan fingerprint density at radius 3 is 2.45 bits per heavy atom. The Bertz CT molecular complexity index is 245. The second kappa shape index (κ2) is 14.5. The Kier molecular flexibility index (Phi) is 13.9. The predicted molar refractivity (Wildman–Crippen MR) is 84.5 cm³/mol. The van der Waals surface area contributed by atoms with E-state index in [9.17, 15) is 4.79 Å². The first-order valence-electron chi connectivity index (χ1n) is 7.87. The van der Waals surface area contributed by atoms with Gasteiger partial charge in [0.05, 0.1) is 6.67 Å². The molecule has 0 fully saturated rings. The minimum Gasteiger partial charge on any atom is -0.396 e. The van der Waals surface area contributed by atoms with Crippen LogP contribution in [0.5, 0.6) is 0 Å². The number of hydrogen-bond donors (Lipinski definition) is 2. The van der Waals surface area contributed by atoms with Crippen molar-refractivity contribution in [2.45, 2.75) is 57.8 Å². The van der Waals surface area contributed by atoms with Crippen molar-refractivity contribution in [3.8, 4) is 0 Å². The summed E-state index contributed by atoms with van der Waals surface area (Å²) in [6.45, 7) is 5.62. The molecule has 0 aromatic heterocycles. The summed E-state index contributed by atoms with van der Waals surface area (Å²) >= 11 is 0. The molecule has 0 rings (SSSR count). The zero-order chi connectivity index (χ0) is 15.1. The van der Waals surface area contributed by atoms with E-state index in [0.29, 0.717) is 19.7 Å². The topological polar surface area (TPSA) is 52.6 Å². The Hall–Kier alpha value is -0.870. The highest BCUT2D eigenvalue weighted by atomic mass is 16.2. The summed E-state index contributed by atoms with van der Waals surface area (Å²) in [5.74, 6) is 0.128. The molecule has 0 aliphatic carbocycles. The van der Waals surface area contributed by atoms with Crippen LogP contribution >= 0.6 is 0 Å². The van der Waals surface area contributed by atoms with E-state index in [1.807, 2.05) is 13.1 Å². The molecule has 4 nitrogen and oxygen atoms in total. The molecule has 0 saturated heterocycles. The highest BCUT2D eigenvalue weighted by molar-refractivity contribution is 5.75. The number of amides is 1. The number of unbranched alkanes of at least 4 members (excludes halogenated alkanes) is 6. The van der Waals surface area contributed by atoms with Gasteiger partial charge in [-0.3, -0.25) is 9.69 Å². The molecule has 2 N–H and O–H groups in total. The van der Waals surface area contributed by atoms with Crippen LogP contribution in [-0.4, -0.2) is 42.8 Å². The normalized spacial score (nSPS) is 10.8. The van der Waals surface area contributed by atoms with Crippen LogP contribution in [0.3, 0.4) is 0 Å². The molecule has 118 valence electrons. The van der Waals surface area contributed by atoms with Gasteiger partial charge >= 0.3 is 0 Å². The van der Waals surface area contributed by atoms with Crippen LogP contribution in [-0.2, 0) is 4.79 Å². The molecule has 4 heteroatoms. The van der Waals surface area contributed by atoms with Gasteiger partial charge in [-0.25, -0.2) is 0 Å². The Morgan fingerprint density at radius 1 is 1.15 bits per heavy atom. The van der Waals surface area contributed by atoms with Gasteiger partial charge in [-0.2, -0.15) is 0 Å². The van der Waals surface area contributed by atoms with Crippen molar-refractivity contribution in [2.75, 3.05) is 26.9 Å². The summed E-state index contributed by atoms with van der Waals surface area (Å²) in [5, 5.41) is 11.6. The zero-order valence-electron chi connectivity index (χ0n) is 13.1. The fourth-order valence-corrected chi connectivity index (χ4v) is 2.00. The number of aliphatic hydroxyl groups excluding tert-OH is 1. The van der Waals surface area contributed by atoms with Crippen LogP contribution < -0.4 is 5.32 Å². The summed E-state index contributed by atoms with van der Waals surface area (Å²) in [6.07, 6.45) is 11.1. The molecule has 0 aliphatic rings. The van der Waals surface area contributed by atoms with Crippen LogP contribution in [0.2, 0.25) is 0 Å². The lowest BCUT2D eigenvalue weighted by Crippen LogP contribution is -2.35. The Morgan fingerprint density at radius 2 is 1.80 bits per heavy atom. The predicted octanol–water partition coefficient (Wildman–Crippen LogP) is 2.68. The van der Waals surface area contributed by atoms with Gasteiger partial charge in [-0.1, -0.05) is 31.8 Å². The number of nitrogens with one attached hydrogen (secondary N) is 1. The first-order chi connectivity index (χ1) is 9.70. The smallest absolute Gasteiger partial charge is 0.221 e. The number of nitrogens with zero attached hydrogens (tertiary/aromatic N) is 1. The van der Waals surface area contributed by atoms with Crippen molar-refractivity contribution in [1.29, 1.82) is 0 Å². The fourth-order valence-electron chi connectivity index (χ4n) is 2.00. The van der Waals surface area contributed by atoms with Gasteiger partial charge in [0.25, 0.3) is 0 Å². The Balaban J connectivity index is 3.33. The number of rotatable bonds is 14. The molecule has 0 unspecified atom stereocenters. The maximum absolute atomic E-state index is 11.5. The molecule has 0 aromatic rings. The lowest BCUT2D eigenvalue weighted by atomic mass is 10.1. The molecule has 0 saturated carbocycles. The van der Waals surface area contributed by atoms with Gasteiger partial charge in [0, 0.05) is 13.0 Å². The van der Waals surface area contributed by atoms with Crippen LogP contribution in [0.15, 0.2) is 12.7 Å². The van der Waals surface area contributed by atoms with Crippen LogP contribution in [0.4, 0.5) is 0 Å². The van der Waals surface area contributed by atoms with Gasteiger partial charge < -0.3 is 10.4 Å². The van der Waals surface area contributed by atoms with Crippen molar-refractivity contribution in [3.63, 3.8) is 0 Å². The minimum atomic E-state index is 0.128. The number of carbonyl (C=O) groups excluding carboxylic acids is 1. The second-order valence-corrected chi connectivity index (χ2v) is 5.36. The molecule has 0 aromatic carbocycles. The van der Waals surface area contributed by atoms with Gasteiger partial charge in [0.1, 0.15) is 0 Å². The molecule has 0 heterocycles. The van der Waals surface area contributed by atoms with E-state index in [4.69, 9.17) is 5.11 Å². The molecule has 0 spiro atoms. The van der Waals surface area contributed by atoms with E-state index < -0.39 is 0 Å². The van der Waals surface area contributed by atoms with Crippen molar-refractivity contribution in [2.24, 2.45) is 0 Å². The van der Waals surface area contributed by atoms with Gasteiger partial charge in [0.15, 0.2) is 0 Å². The standard InChI is InChI=1S/C16H32N2O2/c1-3-4-9-12-16(20)17-15-18(2)13-10-7-5-6-8-11-14-19/h3,19H,1,4-15H2,2H3,(H,17,20). The van der Waals surface area contributed by atoms with Crippen LogP contribution in [0.1, 0.15) is 57.8 Å². The first-order valence-corrected chi connectivity index (χ1v) is 7.87. The number of carbonyl (C=O) groups is 1. The highest BCUT2D eigenvalue weighted by Crippen LogP contribution is 2.05. The van der Waals surface area contributed by atoms with Crippen LogP contribution in [0, 0.1) is 0 Å². The largest absolute Gasteiger partial charge is 0.396 e. The quantitative estimate of drug-likeness (QED) is 0.293. The van der Waals surface area contributed by atoms with E-state index in [1.54, 1.807) is 0 Å². The van der Waals surface area contributed by atoms with Crippen molar-refractivity contribution in [3.05, 3.63) is 12.7 Å². The number of hydrogen-bond acceptors (Lipinski definition) is 3. The molecule has 1 amide bonds. The molecule has 0 bridgehead atoms. The third-order valence-corrected chi connectivity index (χ3v) is 3.31. The molecular weight excluding hydrogens is 252 g/mol. The first kappa shape index (κ1) is 19.1. The van der Waals surface area contributed by atoms with Crippen molar-refractivity contribution >= 4 is 5.91 Å². The third kappa shape index (κ3) is 13.6. The third-order valence-electron chi connectivity index (χ3n) is 3.31. The monoisotopic (exact) mass is 284 g/mol. The van der Waals surface area contributed by atoms with E-state index >= 15 is 0 Å². The van der Waals surface area contributed by atoms with Crippen LogP contribution in [0.25, 0.3) is 0 Å². The summed E-state index contributed by atoms with van der Waals surface area (Å²) in [6, 6.07) is 0. The Labute approximate surface area is 124 Å². The molecule has 20 heavy (non-hydrogen) atoms. The van der Waals surface area contributed by atoms with Gasteiger partial charge in [-0.15, -0.1) is 6.58 Å². The number of aliphatic hydroxyl groups is 1. The maximum Gasteiger partial charge on any atom is 0.221 e. The lowest BCUT2D eigenvalue weighted by Gasteiger charge is -2.17. The molecule has 0 atom stereocenters. The highest BCUT2D eigenvalue weighted by Gasteiger charge is 2.02. The van der Waals surface area contributed by atoms with Crippen molar-refractivity contribution < 1.29 is 9.90 Å². The minimum absolute atomic E-state index is 0.128. The maximum atomic E-state index is 11.5. The summed E-state index contributed by atoms with van der Waals surface area (Å²) < 4.78 is 0. The van der Waals surface area contributed by atoms with Gasteiger partial charge in [0.2, 0.25) is 5.91 Å². The number of allylic oxidation sites excluding steroid dienone is 1. The van der Waals surface area contributed by atoms with E-state index in [2.05, 4.69) is 16.8 Å². The van der Waals surface area contributed by atoms with E-state index in [1.165, 1.54) is 25.7 Å². The molecule has 0 aliphatic heterocycles.